The maximum atomic E-state index is 12.1. The summed E-state index contributed by atoms with van der Waals surface area (Å²) in [6.45, 7) is 7.05. The Balaban J connectivity index is 0.000000425. The van der Waals surface area contributed by atoms with Crippen molar-refractivity contribution >= 4 is 18.2 Å². The number of aryl methyl sites for hydroxylation is 1. The van der Waals surface area contributed by atoms with Crippen molar-refractivity contribution in [1.82, 2.24) is 0 Å². The minimum atomic E-state index is -0.566. The summed E-state index contributed by atoms with van der Waals surface area (Å²) >= 11 is 0. The number of esters is 1. The van der Waals surface area contributed by atoms with Gasteiger partial charge in [0.2, 0.25) is 0 Å². The van der Waals surface area contributed by atoms with Crippen LogP contribution >= 0.6 is 0 Å². The Labute approximate surface area is 204 Å². The van der Waals surface area contributed by atoms with E-state index in [-0.39, 0.29) is 0 Å². The molecular weight excluding hydrogens is 454 g/mol. The topological polar surface area (TPSA) is 123 Å². The SMILES string of the molecule is CC.COc1ccc(OC(=O)c2ccc(OOC(C)=O)cc2)c(C)c1.NOc1ccc(C=O)cc1. The zero-order valence-corrected chi connectivity index (χ0v) is 20.3. The van der Waals surface area contributed by atoms with Crippen LogP contribution in [0.1, 0.15) is 47.1 Å². The van der Waals surface area contributed by atoms with E-state index in [1.807, 2.05) is 20.8 Å². The van der Waals surface area contributed by atoms with E-state index in [4.69, 9.17) is 20.3 Å². The first-order valence-corrected chi connectivity index (χ1v) is 10.6. The van der Waals surface area contributed by atoms with E-state index >= 15 is 0 Å². The third-order valence-electron chi connectivity index (χ3n) is 4.08. The molecule has 0 bridgehead atoms. The molecule has 0 fully saturated rings. The summed E-state index contributed by atoms with van der Waals surface area (Å²) in [5.41, 5.74) is 1.74. The molecule has 9 heteroatoms. The summed E-state index contributed by atoms with van der Waals surface area (Å²) in [4.78, 5) is 46.4. The zero-order chi connectivity index (χ0) is 26.2. The first-order chi connectivity index (χ1) is 16.9. The number of carbonyl (C=O) groups excluding carboxylic acids is 3. The molecule has 0 spiro atoms. The molecule has 2 N–H and O–H groups in total. The Kier molecular flexibility index (Phi) is 12.7. The Bertz CT molecular complexity index is 1080. The maximum absolute atomic E-state index is 12.1. The molecule has 0 radical (unpaired) electrons. The number of nitrogens with two attached hydrogens (primary N) is 1. The molecule has 0 amide bonds. The Hall–Kier alpha value is -4.37. The van der Waals surface area contributed by atoms with Gasteiger partial charge in [0.25, 0.3) is 0 Å². The van der Waals surface area contributed by atoms with Crippen LogP contribution in [0.5, 0.6) is 23.0 Å². The van der Waals surface area contributed by atoms with E-state index in [0.29, 0.717) is 34.1 Å². The van der Waals surface area contributed by atoms with Gasteiger partial charge in [-0.3, -0.25) is 14.6 Å². The van der Waals surface area contributed by atoms with E-state index in [0.717, 1.165) is 11.8 Å². The van der Waals surface area contributed by atoms with Gasteiger partial charge in [0.1, 0.15) is 23.5 Å². The molecule has 0 atom stereocenters. The molecule has 0 saturated heterocycles. The molecule has 0 heterocycles. The highest BCUT2D eigenvalue weighted by atomic mass is 17.2. The van der Waals surface area contributed by atoms with Crippen LogP contribution in [0.25, 0.3) is 0 Å². The lowest BCUT2D eigenvalue weighted by atomic mass is 10.2. The lowest BCUT2D eigenvalue weighted by Gasteiger charge is -2.09. The highest BCUT2D eigenvalue weighted by Gasteiger charge is 2.11. The Morgan fingerprint density at radius 3 is 1.91 bits per heavy atom. The molecule has 0 aromatic heterocycles. The standard InChI is InChI=1S/C17H16O6.C7H7NO2.C2H6/c1-11-10-15(20-3)8-9-16(11)21-17(19)13-4-6-14(7-5-13)23-22-12(2)18;8-10-7-3-1-6(5-9)2-4-7;1-2/h4-10H,1-3H3;1-5H,8H2;1-2H3. The minimum Gasteiger partial charge on any atom is -0.497 e. The summed E-state index contributed by atoms with van der Waals surface area (Å²) in [5, 5.41) is 0. The molecule has 0 aliphatic heterocycles. The summed E-state index contributed by atoms with van der Waals surface area (Å²) in [6.07, 6.45) is 0.764. The normalized spacial score (nSPS) is 9.20. The van der Waals surface area contributed by atoms with Crippen molar-refractivity contribution in [2.75, 3.05) is 7.11 Å². The number of ether oxygens (including phenoxy) is 2. The number of carbonyl (C=O) groups is 3. The second-order valence-corrected chi connectivity index (χ2v) is 6.51. The van der Waals surface area contributed by atoms with Gasteiger partial charge < -0.3 is 14.3 Å². The van der Waals surface area contributed by atoms with Gasteiger partial charge in [-0.15, -0.1) is 0 Å². The fourth-order valence-electron chi connectivity index (χ4n) is 2.40. The number of hydrogen-bond donors (Lipinski definition) is 1. The van der Waals surface area contributed by atoms with Gasteiger partial charge in [-0.05, 0) is 79.2 Å². The van der Waals surface area contributed by atoms with Gasteiger partial charge in [0.15, 0.2) is 5.75 Å². The summed E-state index contributed by atoms with van der Waals surface area (Å²) in [7, 11) is 1.57. The van der Waals surface area contributed by atoms with Crippen molar-refractivity contribution in [3.05, 3.63) is 83.4 Å². The third-order valence-corrected chi connectivity index (χ3v) is 4.08. The number of methoxy groups -OCH3 is 1. The van der Waals surface area contributed by atoms with Crippen LogP contribution in [-0.2, 0) is 9.68 Å². The minimum absolute atomic E-state index is 0.303. The van der Waals surface area contributed by atoms with Crippen LogP contribution in [-0.4, -0.2) is 25.3 Å². The first kappa shape index (κ1) is 28.7. The molecule has 0 unspecified atom stereocenters. The van der Waals surface area contributed by atoms with Gasteiger partial charge in [-0.25, -0.2) is 9.59 Å². The van der Waals surface area contributed by atoms with E-state index in [1.165, 1.54) is 31.2 Å². The Morgan fingerprint density at radius 1 is 0.857 bits per heavy atom. The molecule has 3 aromatic rings. The molecule has 0 aliphatic rings. The van der Waals surface area contributed by atoms with E-state index in [1.54, 1.807) is 49.6 Å². The number of rotatable bonds is 7. The maximum Gasteiger partial charge on any atom is 0.352 e. The fourth-order valence-corrected chi connectivity index (χ4v) is 2.40. The molecule has 3 rings (SSSR count). The highest BCUT2D eigenvalue weighted by Crippen LogP contribution is 2.24. The first-order valence-electron chi connectivity index (χ1n) is 10.6. The van der Waals surface area contributed by atoms with Crippen LogP contribution in [0.15, 0.2) is 66.7 Å². The van der Waals surface area contributed by atoms with E-state index in [9.17, 15) is 14.4 Å². The van der Waals surface area contributed by atoms with Gasteiger partial charge >= 0.3 is 11.9 Å². The number of hydrogen-bond acceptors (Lipinski definition) is 9. The van der Waals surface area contributed by atoms with Crippen LogP contribution in [0.3, 0.4) is 0 Å². The largest absolute Gasteiger partial charge is 0.497 e. The second kappa shape index (κ2) is 15.5. The monoisotopic (exact) mass is 483 g/mol. The molecule has 3 aromatic carbocycles. The van der Waals surface area contributed by atoms with Crippen molar-refractivity contribution in [2.24, 2.45) is 5.90 Å². The molecule has 35 heavy (non-hydrogen) atoms. The van der Waals surface area contributed by atoms with Crippen molar-refractivity contribution in [2.45, 2.75) is 27.7 Å². The molecule has 186 valence electrons. The van der Waals surface area contributed by atoms with Gasteiger partial charge in [0, 0.05) is 12.5 Å². The summed E-state index contributed by atoms with van der Waals surface area (Å²) in [5.74, 6) is 5.78. The lowest BCUT2D eigenvalue weighted by molar-refractivity contribution is -0.210. The molecule has 0 saturated carbocycles. The lowest BCUT2D eigenvalue weighted by Crippen LogP contribution is -2.09. The predicted octanol–water partition coefficient (Wildman–Crippen LogP) is 4.86. The van der Waals surface area contributed by atoms with E-state index in [2.05, 4.69) is 9.73 Å². The summed E-state index contributed by atoms with van der Waals surface area (Å²) < 4.78 is 10.5. The molecular formula is C26H29NO8. The van der Waals surface area contributed by atoms with Crippen LogP contribution in [0.4, 0.5) is 0 Å². The average Bonchev–Trinajstić information content (AvgIpc) is 2.90. The van der Waals surface area contributed by atoms with Crippen molar-refractivity contribution < 1.29 is 38.5 Å². The fraction of sp³-hybridized carbons (Fsp3) is 0.192. The van der Waals surface area contributed by atoms with Crippen LogP contribution in [0.2, 0.25) is 0 Å². The van der Waals surface area contributed by atoms with E-state index < -0.39 is 11.9 Å². The average molecular weight is 484 g/mol. The smallest absolute Gasteiger partial charge is 0.352 e. The van der Waals surface area contributed by atoms with Gasteiger partial charge in [-0.1, -0.05) is 13.8 Å². The van der Waals surface area contributed by atoms with Gasteiger partial charge in [-0.2, -0.15) is 5.90 Å². The molecule has 0 aliphatic carbocycles. The number of aldehydes is 1. The van der Waals surface area contributed by atoms with Gasteiger partial charge in [0.05, 0.1) is 12.7 Å². The van der Waals surface area contributed by atoms with Crippen LogP contribution < -0.4 is 25.1 Å². The quantitative estimate of drug-likeness (QED) is 0.165. The highest BCUT2D eigenvalue weighted by molar-refractivity contribution is 5.91. The molecule has 9 nitrogen and oxygen atoms in total. The number of benzene rings is 3. The summed E-state index contributed by atoms with van der Waals surface area (Å²) in [6, 6.07) is 17.7. The predicted molar refractivity (Wildman–Crippen MR) is 130 cm³/mol. The van der Waals surface area contributed by atoms with Crippen molar-refractivity contribution in [3.63, 3.8) is 0 Å². The van der Waals surface area contributed by atoms with Crippen molar-refractivity contribution in [3.8, 4) is 23.0 Å². The van der Waals surface area contributed by atoms with Crippen molar-refractivity contribution in [1.29, 1.82) is 0 Å². The zero-order valence-electron chi connectivity index (χ0n) is 20.3. The Morgan fingerprint density at radius 2 is 1.43 bits per heavy atom. The van der Waals surface area contributed by atoms with Crippen LogP contribution in [0, 0.1) is 6.92 Å². The third kappa shape index (κ3) is 9.97. The second-order valence-electron chi connectivity index (χ2n) is 6.51.